The van der Waals surface area contributed by atoms with Crippen molar-refractivity contribution in [2.75, 3.05) is 31.6 Å². The Bertz CT molecular complexity index is 1020. The van der Waals surface area contributed by atoms with E-state index in [9.17, 15) is 23.1 Å². The van der Waals surface area contributed by atoms with Gasteiger partial charge in [0, 0.05) is 36.8 Å². The second-order valence-electron chi connectivity index (χ2n) is 8.27. The number of carbonyl (C=O) groups is 1. The Kier molecular flexibility index (Phi) is 8.32. The van der Waals surface area contributed by atoms with Crippen LogP contribution in [0.5, 0.6) is 5.75 Å². The van der Waals surface area contributed by atoms with Crippen molar-refractivity contribution < 1.29 is 27.8 Å². The van der Waals surface area contributed by atoms with Crippen molar-refractivity contribution in [1.29, 1.82) is 0 Å². The monoisotopic (exact) mass is 481 g/mol. The third kappa shape index (κ3) is 6.15. The summed E-state index contributed by atoms with van der Waals surface area (Å²) in [4.78, 5) is 13.8. The second kappa shape index (κ2) is 11.0. The first-order valence-corrected chi connectivity index (χ1v) is 11.2. The van der Waals surface area contributed by atoms with Gasteiger partial charge < -0.3 is 25.8 Å². The summed E-state index contributed by atoms with van der Waals surface area (Å²) in [5.74, 6) is -0.237. The number of likely N-dealkylation sites (tertiary alicyclic amines) is 1. The Balaban J connectivity index is 1.76. The molecule has 1 aromatic carbocycles. The summed E-state index contributed by atoms with van der Waals surface area (Å²) in [6, 6.07) is 2.83. The van der Waals surface area contributed by atoms with Crippen LogP contribution in [0.3, 0.4) is 0 Å². The maximum absolute atomic E-state index is 12.9. The minimum atomic E-state index is -4.56. The van der Waals surface area contributed by atoms with Gasteiger partial charge >= 0.3 is 12.1 Å². The van der Waals surface area contributed by atoms with Crippen LogP contribution < -0.4 is 11.1 Å². The number of benzene rings is 1. The summed E-state index contributed by atoms with van der Waals surface area (Å²) in [5.41, 5.74) is 6.77. The minimum absolute atomic E-state index is 0.0697. The van der Waals surface area contributed by atoms with Crippen molar-refractivity contribution >= 4 is 11.8 Å². The van der Waals surface area contributed by atoms with E-state index in [4.69, 9.17) is 10.5 Å². The van der Waals surface area contributed by atoms with Crippen LogP contribution in [-0.4, -0.2) is 58.5 Å². The fourth-order valence-corrected chi connectivity index (χ4v) is 4.14. The molecule has 0 bridgehead atoms. The lowest BCUT2D eigenvalue weighted by atomic mass is 10.00. The summed E-state index contributed by atoms with van der Waals surface area (Å²) < 4.78 is 43.8. The highest BCUT2D eigenvalue weighted by Gasteiger charge is 2.31. The van der Waals surface area contributed by atoms with Crippen LogP contribution in [0.2, 0.25) is 0 Å². The number of phenols is 1. The van der Waals surface area contributed by atoms with E-state index in [2.05, 4.69) is 20.4 Å². The Morgan fingerprint density at radius 2 is 2.12 bits per heavy atom. The highest BCUT2D eigenvalue weighted by molar-refractivity contribution is 5.72. The number of ether oxygens (including phenoxy) is 1. The number of aromatic hydroxyl groups is 1. The van der Waals surface area contributed by atoms with E-state index in [-0.39, 0.29) is 29.8 Å². The molecule has 0 radical (unpaired) electrons. The largest absolute Gasteiger partial charge is 0.507 e. The lowest BCUT2D eigenvalue weighted by Gasteiger charge is -2.33. The number of nitrogens with zero attached hydrogens (tertiary/aromatic N) is 3. The molecule has 34 heavy (non-hydrogen) atoms. The number of halogens is 3. The van der Waals surface area contributed by atoms with Crippen LogP contribution in [0.4, 0.5) is 19.0 Å². The highest BCUT2D eigenvalue weighted by Crippen LogP contribution is 2.37. The van der Waals surface area contributed by atoms with E-state index in [1.165, 1.54) is 6.07 Å². The number of anilines is 1. The molecule has 0 unspecified atom stereocenters. The molecule has 1 saturated heterocycles. The van der Waals surface area contributed by atoms with Gasteiger partial charge in [0.05, 0.1) is 18.6 Å². The number of nitrogens with one attached hydrogen (secondary N) is 1. The first-order chi connectivity index (χ1) is 16.1. The predicted molar refractivity (Wildman–Crippen MR) is 121 cm³/mol. The molecule has 0 amide bonds. The van der Waals surface area contributed by atoms with Crippen molar-refractivity contribution in [3.63, 3.8) is 0 Å². The molecule has 1 fully saturated rings. The van der Waals surface area contributed by atoms with Crippen molar-refractivity contribution in [3.05, 3.63) is 34.9 Å². The van der Waals surface area contributed by atoms with Gasteiger partial charge in [-0.05, 0) is 57.0 Å². The van der Waals surface area contributed by atoms with Crippen molar-refractivity contribution in [1.82, 2.24) is 15.1 Å². The number of esters is 1. The van der Waals surface area contributed by atoms with E-state index in [0.29, 0.717) is 49.1 Å². The highest BCUT2D eigenvalue weighted by atomic mass is 19.4. The third-order valence-corrected chi connectivity index (χ3v) is 5.91. The second-order valence-corrected chi connectivity index (χ2v) is 8.27. The number of carbonyl (C=O) groups excluding carboxylic acids is 1. The van der Waals surface area contributed by atoms with Gasteiger partial charge in [0.15, 0.2) is 5.82 Å². The first kappa shape index (κ1) is 25.7. The number of phenolic OH excluding ortho intramolecular Hbond substituents is 1. The summed E-state index contributed by atoms with van der Waals surface area (Å²) >= 11 is 0. The van der Waals surface area contributed by atoms with Crippen LogP contribution in [0.1, 0.15) is 42.9 Å². The van der Waals surface area contributed by atoms with Gasteiger partial charge in [0.25, 0.3) is 0 Å². The average Bonchev–Trinajstić information content (AvgIpc) is 2.78. The van der Waals surface area contributed by atoms with Gasteiger partial charge in [0.1, 0.15) is 11.4 Å². The molecule has 2 heterocycles. The molecule has 1 atom stereocenters. The number of hydrogen-bond donors (Lipinski definition) is 3. The van der Waals surface area contributed by atoms with E-state index < -0.39 is 17.5 Å². The molecule has 0 saturated carbocycles. The average molecular weight is 482 g/mol. The SMILES string of the molecule is CCOC(=O)CCN1CCC[C@@H](Nc2nnc(-c3ccc(C(F)(F)F)cc3O)c(C)c2CN)C1. The molecular weight excluding hydrogens is 451 g/mol. The fraction of sp³-hybridized carbons (Fsp3) is 0.522. The van der Waals surface area contributed by atoms with Gasteiger partial charge in [-0.25, -0.2) is 0 Å². The maximum atomic E-state index is 12.9. The van der Waals surface area contributed by atoms with Crippen LogP contribution in [0.15, 0.2) is 18.2 Å². The lowest BCUT2D eigenvalue weighted by Crippen LogP contribution is -2.43. The van der Waals surface area contributed by atoms with E-state index in [1.54, 1.807) is 13.8 Å². The Morgan fingerprint density at radius 3 is 2.76 bits per heavy atom. The zero-order valence-electron chi connectivity index (χ0n) is 19.3. The summed E-state index contributed by atoms with van der Waals surface area (Å²) in [6.07, 6.45) is -2.37. The molecule has 11 heteroatoms. The number of aromatic nitrogens is 2. The Hall–Kier alpha value is -2.92. The van der Waals surface area contributed by atoms with Gasteiger partial charge in [-0.2, -0.15) is 13.2 Å². The van der Waals surface area contributed by atoms with Crippen LogP contribution in [0, 0.1) is 6.92 Å². The smallest absolute Gasteiger partial charge is 0.416 e. The van der Waals surface area contributed by atoms with Crippen molar-refractivity contribution in [2.45, 2.75) is 51.9 Å². The minimum Gasteiger partial charge on any atom is -0.507 e. The van der Waals surface area contributed by atoms with Crippen LogP contribution in [0.25, 0.3) is 11.3 Å². The van der Waals surface area contributed by atoms with Crippen LogP contribution in [-0.2, 0) is 22.3 Å². The zero-order chi connectivity index (χ0) is 24.9. The lowest BCUT2D eigenvalue weighted by molar-refractivity contribution is -0.143. The standard InChI is InChI=1S/C23H30F3N5O3/c1-3-34-20(33)8-10-31-9-4-5-16(13-31)28-22-18(12-27)14(2)21(29-30-22)17-7-6-15(11-19(17)32)23(24,25)26/h6-7,11,16,32H,3-5,8-10,12-13,27H2,1-2H3,(H,28,30)/t16-/m1/s1. The summed E-state index contributed by atoms with van der Waals surface area (Å²) in [7, 11) is 0. The third-order valence-electron chi connectivity index (χ3n) is 5.91. The van der Waals surface area contributed by atoms with E-state index in [0.717, 1.165) is 25.5 Å². The van der Waals surface area contributed by atoms with Gasteiger partial charge in [-0.1, -0.05) is 0 Å². The fourth-order valence-electron chi connectivity index (χ4n) is 4.14. The number of nitrogens with two attached hydrogens (primary N) is 1. The summed E-state index contributed by atoms with van der Waals surface area (Å²) in [6.45, 7) is 6.24. The van der Waals surface area contributed by atoms with Crippen molar-refractivity contribution in [2.24, 2.45) is 5.73 Å². The maximum Gasteiger partial charge on any atom is 0.416 e. The van der Waals surface area contributed by atoms with E-state index in [1.807, 2.05) is 0 Å². The van der Waals surface area contributed by atoms with Gasteiger partial charge in [0.2, 0.25) is 0 Å². The molecular formula is C23H30F3N5O3. The zero-order valence-corrected chi connectivity index (χ0v) is 19.3. The molecule has 2 aromatic rings. The molecule has 3 rings (SSSR count). The topological polar surface area (TPSA) is 114 Å². The van der Waals surface area contributed by atoms with Gasteiger partial charge in [-0.15, -0.1) is 10.2 Å². The Morgan fingerprint density at radius 1 is 1.35 bits per heavy atom. The molecule has 4 N–H and O–H groups in total. The Labute approximate surface area is 196 Å². The predicted octanol–water partition coefficient (Wildman–Crippen LogP) is 3.46. The molecule has 8 nitrogen and oxygen atoms in total. The van der Waals surface area contributed by atoms with Crippen LogP contribution >= 0.6 is 0 Å². The normalized spacial score (nSPS) is 16.9. The van der Waals surface area contributed by atoms with Gasteiger partial charge in [-0.3, -0.25) is 4.79 Å². The number of hydrogen-bond acceptors (Lipinski definition) is 8. The molecule has 0 aliphatic carbocycles. The van der Waals surface area contributed by atoms with Crippen molar-refractivity contribution in [3.8, 4) is 17.0 Å². The molecule has 1 aliphatic heterocycles. The number of piperidine rings is 1. The summed E-state index contributed by atoms with van der Waals surface area (Å²) in [5, 5.41) is 22.0. The number of alkyl halides is 3. The quantitative estimate of drug-likeness (QED) is 0.492. The molecule has 186 valence electrons. The first-order valence-electron chi connectivity index (χ1n) is 11.2. The molecule has 0 spiro atoms. The molecule has 1 aromatic heterocycles. The van der Waals surface area contributed by atoms with E-state index >= 15 is 0 Å². The number of rotatable bonds is 8. The molecule has 1 aliphatic rings.